The maximum Gasteiger partial charge on any atom is 0.284 e. The van der Waals surface area contributed by atoms with Gasteiger partial charge in [0.25, 0.3) is 5.91 Å². The lowest BCUT2D eigenvalue weighted by molar-refractivity contribution is 0.101. The molecule has 0 saturated carbocycles. The van der Waals surface area contributed by atoms with Gasteiger partial charge in [-0.15, -0.1) is 11.3 Å². The van der Waals surface area contributed by atoms with E-state index < -0.39 is 0 Å². The molecule has 1 heterocycles. The predicted octanol–water partition coefficient (Wildman–Crippen LogP) is 2.60. The van der Waals surface area contributed by atoms with Gasteiger partial charge in [-0.1, -0.05) is 0 Å². The zero-order chi connectivity index (χ0) is 12.3. The van der Waals surface area contributed by atoms with Crippen LogP contribution in [0.25, 0.3) is 0 Å². The molecule has 5 heteroatoms. The summed E-state index contributed by atoms with van der Waals surface area (Å²) < 4.78 is 0. The molecule has 86 valence electrons. The number of ketones is 1. The molecule has 1 N–H and O–H groups in total. The number of amides is 1. The summed E-state index contributed by atoms with van der Waals surface area (Å²) in [5.74, 6) is -0.238. The molecular formula is C12H10N2O2S. The smallest absolute Gasteiger partial charge is 0.284 e. The van der Waals surface area contributed by atoms with Crippen molar-refractivity contribution < 1.29 is 9.59 Å². The summed E-state index contributed by atoms with van der Waals surface area (Å²) in [6.45, 7) is 1.50. The van der Waals surface area contributed by atoms with Crippen LogP contribution in [0.3, 0.4) is 0 Å². The zero-order valence-electron chi connectivity index (χ0n) is 9.14. The first-order chi connectivity index (χ1) is 8.16. The second-order valence-electron chi connectivity index (χ2n) is 3.42. The van der Waals surface area contributed by atoms with Crippen molar-refractivity contribution in [3.05, 3.63) is 46.4 Å². The third kappa shape index (κ3) is 2.76. The van der Waals surface area contributed by atoms with Crippen molar-refractivity contribution in [1.82, 2.24) is 4.98 Å². The summed E-state index contributed by atoms with van der Waals surface area (Å²) in [4.78, 5) is 26.6. The number of aromatic nitrogens is 1. The fourth-order valence-electron chi connectivity index (χ4n) is 1.31. The largest absolute Gasteiger partial charge is 0.320 e. The van der Waals surface area contributed by atoms with Crippen molar-refractivity contribution in [2.24, 2.45) is 0 Å². The number of carbonyl (C=O) groups excluding carboxylic acids is 2. The van der Waals surface area contributed by atoms with E-state index in [-0.39, 0.29) is 11.7 Å². The Morgan fingerprint density at radius 3 is 2.47 bits per heavy atom. The summed E-state index contributed by atoms with van der Waals surface area (Å²) in [6.07, 6.45) is 1.58. The second kappa shape index (κ2) is 4.88. The molecule has 17 heavy (non-hydrogen) atoms. The first kappa shape index (κ1) is 11.5. The van der Waals surface area contributed by atoms with E-state index in [1.54, 1.807) is 35.8 Å². The van der Waals surface area contributed by atoms with Gasteiger partial charge < -0.3 is 5.32 Å². The Labute approximate surface area is 102 Å². The molecule has 0 bridgehead atoms. The highest BCUT2D eigenvalue weighted by Gasteiger charge is 2.08. The van der Waals surface area contributed by atoms with Crippen molar-refractivity contribution >= 4 is 28.7 Å². The van der Waals surface area contributed by atoms with Crippen LogP contribution in [0.4, 0.5) is 5.69 Å². The minimum absolute atomic E-state index is 0.00259. The standard InChI is InChI=1S/C12H10N2O2S/c1-8(15)9-2-4-10(5-3-9)14-11(16)12-13-6-7-17-12/h2-7H,1H3,(H,14,16). The van der Waals surface area contributed by atoms with Gasteiger partial charge in [-0.2, -0.15) is 0 Å². The van der Waals surface area contributed by atoms with E-state index >= 15 is 0 Å². The predicted molar refractivity (Wildman–Crippen MR) is 66.5 cm³/mol. The summed E-state index contributed by atoms with van der Waals surface area (Å²) >= 11 is 1.28. The van der Waals surface area contributed by atoms with Gasteiger partial charge in [-0.25, -0.2) is 4.98 Å². The van der Waals surface area contributed by atoms with Crippen LogP contribution in [0.5, 0.6) is 0 Å². The number of hydrogen-bond acceptors (Lipinski definition) is 4. The average molecular weight is 246 g/mol. The number of nitrogens with one attached hydrogen (secondary N) is 1. The van der Waals surface area contributed by atoms with Crippen LogP contribution in [0, 0.1) is 0 Å². The van der Waals surface area contributed by atoms with Crippen LogP contribution < -0.4 is 5.32 Å². The Hall–Kier alpha value is -2.01. The van der Waals surface area contributed by atoms with Gasteiger partial charge in [-0.3, -0.25) is 9.59 Å². The molecule has 0 atom stereocenters. The van der Waals surface area contributed by atoms with Crippen LogP contribution in [0.2, 0.25) is 0 Å². The Morgan fingerprint density at radius 1 is 1.24 bits per heavy atom. The molecule has 0 spiro atoms. The maximum absolute atomic E-state index is 11.7. The molecule has 4 nitrogen and oxygen atoms in total. The molecular weight excluding hydrogens is 236 g/mol. The number of nitrogens with zero attached hydrogens (tertiary/aromatic N) is 1. The molecule has 2 rings (SSSR count). The van der Waals surface area contributed by atoms with Crippen LogP contribution in [0.15, 0.2) is 35.8 Å². The van der Waals surface area contributed by atoms with E-state index in [1.807, 2.05) is 0 Å². The minimum Gasteiger partial charge on any atom is -0.320 e. The van der Waals surface area contributed by atoms with E-state index in [4.69, 9.17) is 0 Å². The highest BCUT2D eigenvalue weighted by atomic mass is 32.1. The van der Waals surface area contributed by atoms with E-state index in [0.717, 1.165) is 0 Å². The number of carbonyl (C=O) groups is 2. The summed E-state index contributed by atoms with van der Waals surface area (Å²) in [5, 5.41) is 4.87. The lowest BCUT2D eigenvalue weighted by Gasteiger charge is -2.03. The van der Waals surface area contributed by atoms with E-state index in [9.17, 15) is 9.59 Å². The van der Waals surface area contributed by atoms with Gasteiger partial charge in [0.05, 0.1) is 0 Å². The summed E-state index contributed by atoms with van der Waals surface area (Å²) in [5.41, 5.74) is 1.27. The SMILES string of the molecule is CC(=O)c1ccc(NC(=O)c2nccs2)cc1. The van der Waals surface area contributed by atoms with E-state index in [0.29, 0.717) is 16.3 Å². The van der Waals surface area contributed by atoms with Gasteiger partial charge in [0, 0.05) is 22.8 Å². The van der Waals surface area contributed by atoms with Crippen molar-refractivity contribution in [2.75, 3.05) is 5.32 Å². The average Bonchev–Trinajstić information content (AvgIpc) is 2.83. The number of benzene rings is 1. The van der Waals surface area contributed by atoms with Gasteiger partial charge in [0.1, 0.15) is 0 Å². The summed E-state index contributed by atoms with van der Waals surface area (Å²) in [6, 6.07) is 6.75. The van der Waals surface area contributed by atoms with Crippen molar-refractivity contribution in [1.29, 1.82) is 0 Å². The molecule has 0 fully saturated rings. The second-order valence-corrected chi connectivity index (χ2v) is 4.32. The molecule has 1 aromatic carbocycles. The lowest BCUT2D eigenvalue weighted by Crippen LogP contribution is -2.11. The van der Waals surface area contributed by atoms with Gasteiger partial charge in [0.15, 0.2) is 10.8 Å². The number of anilines is 1. The molecule has 2 aromatic rings. The van der Waals surface area contributed by atoms with Crippen LogP contribution in [0.1, 0.15) is 27.1 Å². The van der Waals surface area contributed by atoms with Gasteiger partial charge >= 0.3 is 0 Å². The quantitative estimate of drug-likeness (QED) is 0.847. The molecule has 1 aromatic heterocycles. The monoisotopic (exact) mass is 246 g/mol. The molecule has 0 radical (unpaired) electrons. The fourth-order valence-corrected chi connectivity index (χ4v) is 1.84. The van der Waals surface area contributed by atoms with Crippen LogP contribution >= 0.6 is 11.3 Å². The molecule has 0 aliphatic rings. The van der Waals surface area contributed by atoms with Crippen molar-refractivity contribution in [3.8, 4) is 0 Å². The molecule has 0 aliphatic carbocycles. The van der Waals surface area contributed by atoms with E-state index in [2.05, 4.69) is 10.3 Å². The third-order valence-corrected chi connectivity index (χ3v) is 2.95. The zero-order valence-corrected chi connectivity index (χ0v) is 9.95. The van der Waals surface area contributed by atoms with Gasteiger partial charge in [-0.05, 0) is 31.2 Å². The van der Waals surface area contributed by atoms with Crippen LogP contribution in [-0.2, 0) is 0 Å². The highest BCUT2D eigenvalue weighted by Crippen LogP contribution is 2.12. The first-order valence-electron chi connectivity index (χ1n) is 4.98. The van der Waals surface area contributed by atoms with Crippen molar-refractivity contribution in [3.63, 3.8) is 0 Å². The number of thiazole rings is 1. The van der Waals surface area contributed by atoms with Gasteiger partial charge in [0.2, 0.25) is 0 Å². The van der Waals surface area contributed by atoms with E-state index in [1.165, 1.54) is 18.3 Å². The third-order valence-electron chi connectivity index (χ3n) is 2.18. The molecule has 0 unspecified atom stereocenters. The van der Waals surface area contributed by atoms with Crippen molar-refractivity contribution in [2.45, 2.75) is 6.92 Å². The molecule has 0 saturated heterocycles. The first-order valence-corrected chi connectivity index (χ1v) is 5.86. The highest BCUT2D eigenvalue weighted by molar-refractivity contribution is 7.11. The van der Waals surface area contributed by atoms with Crippen LogP contribution in [-0.4, -0.2) is 16.7 Å². The Morgan fingerprint density at radius 2 is 1.94 bits per heavy atom. The fraction of sp³-hybridized carbons (Fsp3) is 0.0833. The number of rotatable bonds is 3. The Bertz CT molecular complexity index is 532. The number of hydrogen-bond donors (Lipinski definition) is 1. The summed E-state index contributed by atoms with van der Waals surface area (Å²) in [7, 11) is 0. The normalized spacial score (nSPS) is 9.94. The maximum atomic E-state index is 11.7. The Balaban J connectivity index is 2.09. The molecule has 0 aliphatic heterocycles. The topological polar surface area (TPSA) is 59.1 Å². The Kier molecular flexibility index (Phi) is 3.30. The number of Topliss-reactive ketones (excluding diaryl/α,β-unsaturated/α-hetero) is 1. The lowest BCUT2D eigenvalue weighted by atomic mass is 10.1. The molecule has 1 amide bonds. The minimum atomic E-state index is -0.240.